The van der Waals surface area contributed by atoms with Crippen LogP contribution >= 0.6 is 0 Å². The number of rotatable bonds is 3. The molecule has 2 heterocycles. The van der Waals surface area contributed by atoms with E-state index in [9.17, 15) is 14.9 Å². The van der Waals surface area contributed by atoms with Crippen LogP contribution in [0.1, 0.15) is 18.7 Å². The lowest BCUT2D eigenvalue weighted by Gasteiger charge is -2.19. The average Bonchev–Trinajstić information content (AvgIpc) is 2.67. The lowest BCUT2D eigenvalue weighted by atomic mass is 10.1. The van der Waals surface area contributed by atoms with Gasteiger partial charge in [0, 0.05) is 18.7 Å². The summed E-state index contributed by atoms with van der Waals surface area (Å²) < 4.78 is 1.54. The van der Waals surface area contributed by atoms with Crippen molar-refractivity contribution in [3.05, 3.63) is 74.8 Å². The van der Waals surface area contributed by atoms with E-state index in [0.717, 1.165) is 12.1 Å². The number of hydrazone groups is 1. The summed E-state index contributed by atoms with van der Waals surface area (Å²) in [6, 6.07) is 13.7. The first kappa shape index (κ1) is 15.9. The van der Waals surface area contributed by atoms with Crippen molar-refractivity contribution in [1.29, 1.82) is 0 Å². The normalized spacial score (nSPS) is 15.0. The van der Waals surface area contributed by atoms with Crippen molar-refractivity contribution >= 4 is 28.0 Å². The monoisotopic (exact) mass is 349 g/mol. The van der Waals surface area contributed by atoms with Crippen LogP contribution in [0.25, 0.3) is 10.9 Å². The van der Waals surface area contributed by atoms with Gasteiger partial charge in [0.2, 0.25) is 0 Å². The summed E-state index contributed by atoms with van der Waals surface area (Å²) in [7, 11) is 0. The third kappa shape index (κ3) is 2.81. The van der Waals surface area contributed by atoms with Crippen LogP contribution in [-0.4, -0.2) is 20.2 Å². The van der Waals surface area contributed by atoms with Gasteiger partial charge in [-0.3, -0.25) is 24.9 Å². The highest BCUT2D eigenvalue weighted by Crippen LogP contribution is 2.20. The van der Waals surface area contributed by atoms with E-state index in [4.69, 9.17) is 0 Å². The van der Waals surface area contributed by atoms with Crippen molar-refractivity contribution in [3.8, 4) is 0 Å². The molecule has 1 aliphatic rings. The number of nitrogens with one attached hydrogen (secondary N) is 1. The Hall–Kier alpha value is -3.55. The van der Waals surface area contributed by atoms with Crippen LogP contribution in [0.4, 0.5) is 11.4 Å². The molecule has 0 fully saturated rings. The van der Waals surface area contributed by atoms with E-state index < -0.39 is 4.92 Å². The molecule has 0 spiro atoms. The van der Waals surface area contributed by atoms with Crippen LogP contribution in [-0.2, 0) is 6.54 Å². The summed E-state index contributed by atoms with van der Waals surface area (Å²) in [6.45, 7) is 0.518. The van der Waals surface area contributed by atoms with Gasteiger partial charge in [0.05, 0.1) is 21.5 Å². The number of nitro benzene ring substituents is 1. The number of aromatic nitrogens is 2. The summed E-state index contributed by atoms with van der Waals surface area (Å²) in [5.41, 5.74) is 4.56. The molecule has 0 aliphatic carbocycles. The second-order valence-corrected chi connectivity index (χ2v) is 5.99. The molecule has 0 saturated heterocycles. The highest BCUT2D eigenvalue weighted by Gasteiger charge is 2.21. The fraction of sp³-hybridized carbons (Fsp3) is 0.167. The summed E-state index contributed by atoms with van der Waals surface area (Å²) in [5.74, 6) is 0.506. The third-order valence-electron chi connectivity index (χ3n) is 4.30. The number of anilines is 1. The quantitative estimate of drug-likeness (QED) is 0.578. The van der Waals surface area contributed by atoms with E-state index in [-0.39, 0.29) is 16.6 Å². The van der Waals surface area contributed by atoms with Gasteiger partial charge in [0.1, 0.15) is 5.71 Å². The van der Waals surface area contributed by atoms with Crippen molar-refractivity contribution in [2.45, 2.75) is 19.4 Å². The van der Waals surface area contributed by atoms with E-state index in [2.05, 4.69) is 15.5 Å². The molecule has 0 saturated carbocycles. The predicted octanol–water partition coefficient (Wildman–Crippen LogP) is 2.91. The number of benzene rings is 2. The Labute approximate surface area is 148 Å². The van der Waals surface area contributed by atoms with Gasteiger partial charge in [-0.15, -0.1) is 0 Å². The third-order valence-corrected chi connectivity index (χ3v) is 4.30. The van der Waals surface area contributed by atoms with E-state index >= 15 is 0 Å². The summed E-state index contributed by atoms with van der Waals surface area (Å²) in [6.07, 6.45) is 1.45. The maximum atomic E-state index is 12.8. The number of nitro groups is 1. The number of fused-ring (bicyclic) bond motifs is 2. The van der Waals surface area contributed by atoms with Crippen LogP contribution < -0.4 is 11.0 Å². The molecule has 0 bridgehead atoms. The van der Waals surface area contributed by atoms with Crippen molar-refractivity contribution < 1.29 is 4.92 Å². The Bertz CT molecular complexity index is 1090. The number of non-ortho nitro benzene ring substituents is 1. The molecule has 26 heavy (non-hydrogen) atoms. The molecule has 0 unspecified atom stereocenters. The Morgan fingerprint density at radius 1 is 1.19 bits per heavy atom. The minimum absolute atomic E-state index is 0.118. The van der Waals surface area contributed by atoms with Gasteiger partial charge in [-0.05, 0) is 31.0 Å². The summed E-state index contributed by atoms with van der Waals surface area (Å²) in [5, 5.41) is 15.6. The molecule has 4 rings (SSSR count). The SMILES string of the molecule is O=c1c2cc([N+](=O)[O-])ccc2nc2n1CCC/C2=N\Nc1ccccc1. The standard InChI is InChI=1S/C18H15N5O3/c24-18-14-11-13(23(25)26)8-9-15(14)19-17-16(7-4-10-22(17)18)21-20-12-5-2-1-3-6-12/h1-3,5-6,8-9,11,20H,4,7,10H2/b21-16+. The zero-order chi connectivity index (χ0) is 18.1. The van der Waals surface area contributed by atoms with E-state index in [1.54, 1.807) is 4.57 Å². The van der Waals surface area contributed by atoms with Gasteiger partial charge in [-0.25, -0.2) is 4.98 Å². The number of hydrogen-bond acceptors (Lipinski definition) is 6. The van der Waals surface area contributed by atoms with Crippen molar-refractivity contribution in [2.75, 3.05) is 5.43 Å². The van der Waals surface area contributed by atoms with Crippen molar-refractivity contribution in [2.24, 2.45) is 5.10 Å². The Balaban J connectivity index is 1.81. The second kappa shape index (κ2) is 6.40. The van der Waals surface area contributed by atoms with Crippen LogP contribution in [0.5, 0.6) is 0 Å². The fourth-order valence-electron chi connectivity index (χ4n) is 3.02. The summed E-state index contributed by atoms with van der Waals surface area (Å²) >= 11 is 0. The molecule has 8 heteroatoms. The van der Waals surface area contributed by atoms with Crippen LogP contribution in [0.15, 0.2) is 58.4 Å². The van der Waals surface area contributed by atoms with E-state index in [1.807, 2.05) is 30.3 Å². The summed E-state index contributed by atoms with van der Waals surface area (Å²) in [4.78, 5) is 27.8. The van der Waals surface area contributed by atoms with Gasteiger partial charge in [0.25, 0.3) is 11.2 Å². The van der Waals surface area contributed by atoms with Gasteiger partial charge in [0.15, 0.2) is 5.82 Å². The van der Waals surface area contributed by atoms with Crippen LogP contribution in [0, 0.1) is 10.1 Å². The molecule has 1 aromatic heterocycles. The first-order valence-corrected chi connectivity index (χ1v) is 8.20. The van der Waals surface area contributed by atoms with E-state index in [0.29, 0.717) is 30.0 Å². The van der Waals surface area contributed by atoms with Gasteiger partial charge >= 0.3 is 0 Å². The number of hydrogen-bond donors (Lipinski definition) is 1. The van der Waals surface area contributed by atoms with Crippen LogP contribution in [0.3, 0.4) is 0 Å². The zero-order valence-electron chi connectivity index (χ0n) is 13.8. The lowest BCUT2D eigenvalue weighted by Crippen LogP contribution is -2.32. The molecule has 1 N–H and O–H groups in total. The Morgan fingerprint density at radius 2 is 2.00 bits per heavy atom. The van der Waals surface area contributed by atoms with Gasteiger partial charge in [-0.2, -0.15) is 5.10 Å². The Kier molecular flexibility index (Phi) is 3.92. The molecular weight excluding hydrogens is 334 g/mol. The molecule has 0 atom stereocenters. The molecule has 2 aromatic carbocycles. The smallest absolute Gasteiger partial charge is 0.270 e. The minimum atomic E-state index is -0.514. The van der Waals surface area contributed by atoms with E-state index in [1.165, 1.54) is 18.2 Å². The minimum Gasteiger partial charge on any atom is -0.291 e. The van der Waals surface area contributed by atoms with Crippen molar-refractivity contribution in [1.82, 2.24) is 9.55 Å². The largest absolute Gasteiger partial charge is 0.291 e. The second-order valence-electron chi connectivity index (χ2n) is 5.99. The molecule has 0 radical (unpaired) electrons. The fourth-order valence-corrected chi connectivity index (χ4v) is 3.02. The molecule has 8 nitrogen and oxygen atoms in total. The maximum absolute atomic E-state index is 12.8. The van der Waals surface area contributed by atoms with Crippen LogP contribution in [0.2, 0.25) is 0 Å². The topological polar surface area (TPSA) is 102 Å². The zero-order valence-corrected chi connectivity index (χ0v) is 13.8. The number of para-hydroxylation sites is 1. The first-order valence-electron chi connectivity index (χ1n) is 8.20. The van der Waals surface area contributed by atoms with Crippen molar-refractivity contribution in [3.63, 3.8) is 0 Å². The van der Waals surface area contributed by atoms with Gasteiger partial charge < -0.3 is 0 Å². The average molecular weight is 349 g/mol. The lowest BCUT2D eigenvalue weighted by molar-refractivity contribution is -0.384. The first-order chi connectivity index (χ1) is 12.6. The Morgan fingerprint density at radius 3 is 2.77 bits per heavy atom. The van der Waals surface area contributed by atoms with Gasteiger partial charge in [-0.1, -0.05) is 18.2 Å². The molecule has 0 amide bonds. The highest BCUT2D eigenvalue weighted by molar-refractivity contribution is 6.00. The molecule has 1 aliphatic heterocycles. The molecule has 130 valence electrons. The molecule has 3 aromatic rings. The maximum Gasteiger partial charge on any atom is 0.270 e. The molecular formula is C18H15N5O3. The predicted molar refractivity (Wildman–Crippen MR) is 98.5 cm³/mol. The highest BCUT2D eigenvalue weighted by atomic mass is 16.6. The number of nitrogens with zero attached hydrogens (tertiary/aromatic N) is 4.